The highest BCUT2D eigenvalue weighted by Crippen LogP contribution is 2.33. The second-order valence-corrected chi connectivity index (χ2v) is 6.69. The van der Waals surface area contributed by atoms with Crippen LogP contribution in [-0.4, -0.2) is 15.7 Å². The predicted octanol–water partition coefficient (Wildman–Crippen LogP) is 5.49. The fraction of sp³-hybridized carbons (Fsp3) is 0.136. The number of pyridine rings is 1. The monoisotopic (exact) mass is 375 g/mol. The van der Waals surface area contributed by atoms with Crippen LogP contribution in [0, 0.1) is 11.6 Å². The molecule has 5 rings (SSSR count). The Morgan fingerprint density at radius 2 is 1.71 bits per heavy atom. The van der Waals surface area contributed by atoms with Gasteiger partial charge in [-0.25, -0.2) is 13.8 Å². The van der Waals surface area contributed by atoms with E-state index in [0.717, 1.165) is 17.5 Å². The van der Waals surface area contributed by atoms with Crippen LogP contribution in [0.25, 0.3) is 22.7 Å². The molecule has 0 radical (unpaired) electrons. The Hall–Kier alpha value is -3.41. The van der Waals surface area contributed by atoms with Crippen molar-refractivity contribution in [2.24, 2.45) is 4.99 Å². The van der Waals surface area contributed by atoms with Gasteiger partial charge in [-0.3, -0.25) is 4.99 Å². The van der Waals surface area contributed by atoms with Crippen molar-refractivity contribution in [1.82, 2.24) is 9.97 Å². The van der Waals surface area contributed by atoms with E-state index >= 15 is 0 Å². The zero-order chi connectivity index (χ0) is 19.1. The molecule has 0 spiro atoms. The van der Waals surface area contributed by atoms with E-state index in [0.29, 0.717) is 29.3 Å². The van der Waals surface area contributed by atoms with Crippen LogP contribution in [0.3, 0.4) is 0 Å². The van der Waals surface area contributed by atoms with Gasteiger partial charge in [-0.15, -0.1) is 0 Å². The van der Waals surface area contributed by atoms with E-state index in [-0.39, 0.29) is 11.6 Å². The van der Waals surface area contributed by atoms with Crippen LogP contribution in [0.15, 0.2) is 70.2 Å². The van der Waals surface area contributed by atoms with Gasteiger partial charge in [0.05, 0.1) is 11.6 Å². The standard InChI is InChI=1S/C22H15F2N3O/c23-15-3-1-4-16(24)20(15)18-11-10-17(26-18)13-6-8-14(9-7-13)22-27-21-19(28-22)5-2-12-25-21/h1-9,12,17H,10-11H2. The summed E-state index contributed by atoms with van der Waals surface area (Å²) in [6.07, 6.45) is 2.93. The summed E-state index contributed by atoms with van der Waals surface area (Å²) >= 11 is 0. The van der Waals surface area contributed by atoms with E-state index in [1.807, 2.05) is 30.3 Å². The summed E-state index contributed by atoms with van der Waals surface area (Å²) in [7, 11) is 0. The zero-order valence-electron chi connectivity index (χ0n) is 14.8. The number of aromatic nitrogens is 2. The molecule has 0 amide bonds. The molecule has 28 heavy (non-hydrogen) atoms. The molecule has 0 N–H and O–H groups in total. The molecule has 0 bridgehead atoms. The van der Waals surface area contributed by atoms with Crippen molar-refractivity contribution in [3.8, 4) is 11.5 Å². The van der Waals surface area contributed by atoms with Crippen molar-refractivity contribution >= 4 is 16.9 Å². The zero-order valence-corrected chi connectivity index (χ0v) is 14.8. The molecule has 0 aliphatic carbocycles. The first-order valence-electron chi connectivity index (χ1n) is 9.02. The third kappa shape index (κ3) is 2.87. The molecule has 4 aromatic rings. The quantitative estimate of drug-likeness (QED) is 0.476. The highest BCUT2D eigenvalue weighted by atomic mass is 19.1. The number of hydrogen-bond donors (Lipinski definition) is 0. The largest absolute Gasteiger partial charge is 0.434 e. The lowest BCUT2D eigenvalue weighted by molar-refractivity contribution is 0.578. The minimum absolute atomic E-state index is 0.0133. The molecule has 0 saturated carbocycles. The van der Waals surface area contributed by atoms with Crippen LogP contribution in [0.2, 0.25) is 0 Å². The first-order valence-corrected chi connectivity index (χ1v) is 9.02. The van der Waals surface area contributed by atoms with Gasteiger partial charge in [0.15, 0.2) is 11.2 Å². The highest BCUT2D eigenvalue weighted by molar-refractivity contribution is 6.02. The normalized spacial score (nSPS) is 16.5. The van der Waals surface area contributed by atoms with Crippen molar-refractivity contribution in [2.75, 3.05) is 0 Å². The molecule has 4 nitrogen and oxygen atoms in total. The third-order valence-electron chi connectivity index (χ3n) is 4.92. The van der Waals surface area contributed by atoms with Gasteiger partial charge in [-0.2, -0.15) is 4.98 Å². The van der Waals surface area contributed by atoms with Crippen LogP contribution in [-0.2, 0) is 0 Å². The minimum atomic E-state index is -0.570. The number of hydrogen-bond acceptors (Lipinski definition) is 4. The van der Waals surface area contributed by atoms with Gasteiger partial charge in [0.2, 0.25) is 5.89 Å². The first kappa shape index (κ1) is 16.7. The second kappa shape index (κ2) is 6.64. The Morgan fingerprint density at radius 1 is 0.929 bits per heavy atom. The molecule has 0 fully saturated rings. The average Bonchev–Trinajstić information content (AvgIpc) is 3.35. The topological polar surface area (TPSA) is 51.3 Å². The Labute approximate surface area is 159 Å². The maximum absolute atomic E-state index is 14.0. The predicted molar refractivity (Wildman–Crippen MR) is 102 cm³/mol. The molecule has 2 aromatic carbocycles. The van der Waals surface area contributed by atoms with Gasteiger partial charge in [-0.05, 0) is 54.8 Å². The second-order valence-electron chi connectivity index (χ2n) is 6.69. The number of nitrogens with zero attached hydrogens (tertiary/aromatic N) is 3. The van der Waals surface area contributed by atoms with Gasteiger partial charge < -0.3 is 4.42 Å². The lowest BCUT2D eigenvalue weighted by Gasteiger charge is -2.07. The van der Waals surface area contributed by atoms with Crippen molar-refractivity contribution in [3.05, 3.63) is 83.6 Å². The number of benzene rings is 2. The highest BCUT2D eigenvalue weighted by Gasteiger charge is 2.24. The third-order valence-corrected chi connectivity index (χ3v) is 4.92. The fourth-order valence-electron chi connectivity index (χ4n) is 3.54. The summed E-state index contributed by atoms with van der Waals surface area (Å²) in [6, 6.07) is 15.1. The molecule has 0 saturated heterocycles. The number of rotatable bonds is 3. The maximum Gasteiger partial charge on any atom is 0.228 e. The first-order chi connectivity index (χ1) is 13.7. The lowest BCUT2D eigenvalue weighted by atomic mass is 10.0. The van der Waals surface area contributed by atoms with E-state index in [2.05, 4.69) is 15.0 Å². The van der Waals surface area contributed by atoms with Crippen LogP contribution < -0.4 is 0 Å². The van der Waals surface area contributed by atoms with Gasteiger partial charge >= 0.3 is 0 Å². The average molecular weight is 375 g/mol. The molecule has 1 aliphatic rings. The molecule has 1 unspecified atom stereocenters. The SMILES string of the molecule is Fc1cccc(F)c1C1=NC(c2ccc(-c3nc4ncccc4o3)cc2)CC1. The van der Waals surface area contributed by atoms with Gasteiger partial charge in [0.25, 0.3) is 0 Å². The van der Waals surface area contributed by atoms with Crippen LogP contribution in [0.5, 0.6) is 0 Å². The van der Waals surface area contributed by atoms with Crippen LogP contribution >= 0.6 is 0 Å². The van der Waals surface area contributed by atoms with Gasteiger partial charge in [-0.1, -0.05) is 18.2 Å². The van der Waals surface area contributed by atoms with Gasteiger partial charge in [0, 0.05) is 17.5 Å². The molecular formula is C22H15F2N3O. The smallest absolute Gasteiger partial charge is 0.228 e. The summed E-state index contributed by atoms with van der Waals surface area (Å²) < 4.78 is 33.8. The van der Waals surface area contributed by atoms with E-state index in [9.17, 15) is 8.78 Å². The number of oxazole rings is 1. The van der Waals surface area contributed by atoms with Gasteiger partial charge in [0.1, 0.15) is 11.6 Å². The van der Waals surface area contributed by atoms with E-state index in [1.54, 1.807) is 12.3 Å². The van der Waals surface area contributed by atoms with E-state index in [4.69, 9.17) is 4.42 Å². The molecule has 6 heteroatoms. The summed E-state index contributed by atoms with van der Waals surface area (Å²) in [6.45, 7) is 0. The van der Waals surface area contributed by atoms with Crippen LogP contribution in [0.4, 0.5) is 8.78 Å². The molecular weight excluding hydrogens is 360 g/mol. The number of fused-ring (bicyclic) bond motifs is 1. The molecule has 1 atom stereocenters. The van der Waals surface area contributed by atoms with Crippen molar-refractivity contribution < 1.29 is 13.2 Å². The minimum Gasteiger partial charge on any atom is -0.434 e. The Morgan fingerprint density at radius 3 is 2.46 bits per heavy atom. The summed E-state index contributed by atoms with van der Waals surface area (Å²) in [5.74, 6) is -0.636. The van der Waals surface area contributed by atoms with Crippen LogP contribution in [0.1, 0.15) is 30.0 Å². The Bertz CT molecular complexity index is 1140. The van der Waals surface area contributed by atoms with Crippen molar-refractivity contribution in [3.63, 3.8) is 0 Å². The Kier molecular flexibility index (Phi) is 3.97. The van der Waals surface area contributed by atoms with Crippen molar-refractivity contribution in [1.29, 1.82) is 0 Å². The summed E-state index contributed by atoms with van der Waals surface area (Å²) in [5, 5.41) is 0. The molecule has 3 heterocycles. The molecule has 2 aromatic heterocycles. The molecule has 138 valence electrons. The maximum atomic E-state index is 14.0. The number of aliphatic imine (C=N–C) groups is 1. The van der Waals surface area contributed by atoms with Crippen molar-refractivity contribution in [2.45, 2.75) is 18.9 Å². The number of halogens is 2. The van der Waals surface area contributed by atoms with E-state index < -0.39 is 11.6 Å². The lowest BCUT2D eigenvalue weighted by Crippen LogP contribution is -2.03. The summed E-state index contributed by atoms with van der Waals surface area (Å²) in [5.41, 5.74) is 3.50. The summed E-state index contributed by atoms with van der Waals surface area (Å²) in [4.78, 5) is 13.1. The molecule has 1 aliphatic heterocycles. The fourth-order valence-corrected chi connectivity index (χ4v) is 3.54. The Balaban J connectivity index is 1.42. The van der Waals surface area contributed by atoms with E-state index in [1.165, 1.54) is 18.2 Å².